The number of hydrogen-bond acceptors (Lipinski definition) is 2. The van der Waals surface area contributed by atoms with Crippen molar-refractivity contribution in [2.75, 3.05) is 19.0 Å². The lowest BCUT2D eigenvalue weighted by molar-refractivity contribution is 0.469. The van der Waals surface area contributed by atoms with Gasteiger partial charge >= 0.3 is 0 Å². The Kier molecular flexibility index (Phi) is 4.81. The molecule has 2 unspecified atom stereocenters. The fourth-order valence-electron chi connectivity index (χ4n) is 1.70. The van der Waals surface area contributed by atoms with Crippen LogP contribution in [-0.4, -0.2) is 20.1 Å². The lowest BCUT2D eigenvalue weighted by atomic mass is 10.1. The third-order valence-corrected chi connectivity index (χ3v) is 3.06. The van der Waals surface area contributed by atoms with Crippen LogP contribution in [0.1, 0.15) is 38.8 Å². The fourth-order valence-corrected chi connectivity index (χ4v) is 1.70. The number of nitrogens with one attached hydrogen (secondary N) is 1. The Hall–Kier alpha value is -1.02. The first kappa shape index (κ1) is 13.0. The summed E-state index contributed by atoms with van der Waals surface area (Å²) in [5.74, 6) is 0. The molecule has 0 bridgehead atoms. The van der Waals surface area contributed by atoms with E-state index in [2.05, 4.69) is 69.3 Å². The summed E-state index contributed by atoms with van der Waals surface area (Å²) < 4.78 is 0. The molecule has 0 heterocycles. The minimum atomic E-state index is 0.422. The molecule has 1 aromatic carbocycles. The van der Waals surface area contributed by atoms with Crippen molar-refractivity contribution in [3.8, 4) is 0 Å². The van der Waals surface area contributed by atoms with Crippen molar-refractivity contribution in [3.05, 3.63) is 29.8 Å². The molecule has 2 atom stereocenters. The molecule has 0 saturated heterocycles. The van der Waals surface area contributed by atoms with Crippen LogP contribution in [0.3, 0.4) is 0 Å². The lowest BCUT2D eigenvalue weighted by Gasteiger charge is -2.20. The minimum Gasteiger partial charge on any atom is -0.378 e. The molecule has 90 valence electrons. The number of anilines is 1. The SMILES string of the molecule is CCC(C)NC(C)c1ccc(N(C)C)cc1. The molecule has 16 heavy (non-hydrogen) atoms. The van der Waals surface area contributed by atoms with Gasteiger partial charge in [0.25, 0.3) is 0 Å². The molecule has 1 rings (SSSR count). The van der Waals surface area contributed by atoms with Crippen LogP contribution in [-0.2, 0) is 0 Å². The molecule has 0 spiro atoms. The van der Waals surface area contributed by atoms with Crippen LogP contribution in [0.25, 0.3) is 0 Å². The summed E-state index contributed by atoms with van der Waals surface area (Å²) in [5.41, 5.74) is 2.60. The summed E-state index contributed by atoms with van der Waals surface area (Å²) in [6, 6.07) is 9.74. The third-order valence-electron chi connectivity index (χ3n) is 3.06. The fraction of sp³-hybridized carbons (Fsp3) is 0.571. The van der Waals surface area contributed by atoms with Crippen molar-refractivity contribution < 1.29 is 0 Å². The van der Waals surface area contributed by atoms with E-state index in [1.54, 1.807) is 0 Å². The molecule has 0 saturated carbocycles. The van der Waals surface area contributed by atoms with Crippen LogP contribution in [0.5, 0.6) is 0 Å². The number of nitrogens with zero attached hydrogens (tertiary/aromatic N) is 1. The zero-order valence-electron chi connectivity index (χ0n) is 11.1. The van der Waals surface area contributed by atoms with Gasteiger partial charge in [-0.1, -0.05) is 19.1 Å². The quantitative estimate of drug-likeness (QED) is 0.819. The lowest BCUT2D eigenvalue weighted by Crippen LogP contribution is -2.28. The molecular weight excluding hydrogens is 196 g/mol. The van der Waals surface area contributed by atoms with Crippen LogP contribution >= 0.6 is 0 Å². The van der Waals surface area contributed by atoms with Gasteiger partial charge in [-0.25, -0.2) is 0 Å². The Bertz CT molecular complexity index is 303. The molecule has 2 nitrogen and oxygen atoms in total. The van der Waals surface area contributed by atoms with Crippen molar-refractivity contribution in [2.24, 2.45) is 0 Å². The zero-order valence-corrected chi connectivity index (χ0v) is 11.1. The highest BCUT2D eigenvalue weighted by Crippen LogP contribution is 2.18. The largest absolute Gasteiger partial charge is 0.378 e. The van der Waals surface area contributed by atoms with Gasteiger partial charge in [-0.05, 0) is 38.0 Å². The van der Waals surface area contributed by atoms with Crippen LogP contribution in [0, 0.1) is 0 Å². The zero-order chi connectivity index (χ0) is 12.1. The standard InChI is InChI=1S/C14H24N2/c1-6-11(2)15-12(3)13-7-9-14(10-8-13)16(4)5/h7-12,15H,6H2,1-5H3. The highest BCUT2D eigenvalue weighted by Gasteiger charge is 2.07. The molecule has 0 amide bonds. The molecule has 1 N–H and O–H groups in total. The first-order valence-corrected chi connectivity index (χ1v) is 6.08. The van der Waals surface area contributed by atoms with Gasteiger partial charge in [0, 0.05) is 31.9 Å². The van der Waals surface area contributed by atoms with Crippen LogP contribution in [0.4, 0.5) is 5.69 Å². The van der Waals surface area contributed by atoms with Crippen LogP contribution < -0.4 is 10.2 Å². The maximum absolute atomic E-state index is 3.58. The highest BCUT2D eigenvalue weighted by molar-refractivity contribution is 5.46. The predicted molar refractivity (Wildman–Crippen MR) is 72.1 cm³/mol. The first-order valence-electron chi connectivity index (χ1n) is 6.08. The smallest absolute Gasteiger partial charge is 0.0361 e. The predicted octanol–water partition coefficient (Wildman–Crippen LogP) is 3.20. The van der Waals surface area contributed by atoms with Crippen molar-refractivity contribution in [2.45, 2.75) is 39.3 Å². The van der Waals surface area contributed by atoms with Crippen LogP contribution in [0.15, 0.2) is 24.3 Å². The average molecular weight is 220 g/mol. The molecule has 0 fully saturated rings. The molecular formula is C14H24N2. The number of hydrogen-bond donors (Lipinski definition) is 1. The van der Waals surface area contributed by atoms with Crippen molar-refractivity contribution >= 4 is 5.69 Å². The van der Waals surface area contributed by atoms with Crippen LogP contribution in [0.2, 0.25) is 0 Å². The van der Waals surface area contributed by atoms with E-state index >= 15 is 0 Å². The van der Waals surface area contributed by atoms with E-state index in [9.17, 15) is 0 Å². The molecule has 2 heteroatoms. The van der Waals surface area contributed by atoms with E-state index < -0.39 is 0 Å². The Morgan fingerprint density at radius 3 is 2.12 bits per heavy atom. The maximum Gasteiger partial charge on any atom is 0.0361 e. The second-order valence-corrected chi connectivity index (χ2v) is 4.68. The maximum atomic E-state index is 3.58. The van der Waals surface area contributed by atoms with Gasteiger partial charge in [0.15, 0.2) is 0 Å². The van der Waals surface area contributed by atoms with Gasteiger partial charge in [-0.3, -0.25) is 0 Å². The Labute approximate surface area is 99.7 Å². The first-order chi connectivity index (χ1) is 7.54. The molecule has 0 aliphatic heterocycles. The molecule has 0 radical (unpaired) electrons. The summed E-state index contributed by atoms with van der Waals surface area (Å²) in [6.45, 7) is 6.65. The summed E-state index contributed by atoms with van der Waals surface area (Å²) >= 11 is 0. The highest BCUT2D eigenvalue weighted by atomic mass is 15.1. The van der Waals surface area contributed by atoms with Crippen molar-refractivity contribution in [1.29, 1.82) is 0 Å². The number of benzene rings is 1. The van der Waals surface area contributed by atoms with Gasteiger partial charge in [0.1, 0.15) is 0 Å². The summed E-state index contributed by atoms with van der Waals surface area (Å²) in [4.78, 5) is 2.12. The molecule has 0 aromatic heterocycles. The topological polar surface area (TPSA) is 15.3 Å². The van der Waals surface area contributed by atoms with Gasteiger partial charge in [-0.15, -0.1) is 0 Å². The Morgan fingerprint density at radius 1 is 1.12 bits per heavy atom. The van der Waals surface area contributed by atoms with Gasteiger partial charge in [-0.2, -0.15) is 0 Å². The third kappa shape index (κ3) is 3.53. The summed E-state index contributed by atoms with van der Waals surface area (Å²) in [7, 11) is 4.13. The van der Waals surface area contributed by atoms with E-state index in [1.807, 2.05) is 0 Å². The summed E-state index contributed by atoms with van der Waals surface area (Å²) in [6.07, 6.45) is 1.17. The molecule has 0 aliphatic rings. The van der Waals surface area contributed by atoms with E-state index in [4.69, 9.17) is 0 Å². The second-order valence-electron chi connectivity index (χ2n) is 4.68. The van der Waals surface area contributed by atoms with E-state index in [0.29, 0.717) is 12.1 Å². The van der Waals surface area contributed by atoms with Crippen molar-refractivity contribution in [1.82, 2.24) is 5.32 Å². The van der Waals surface area contributed by atoms with Crippen molar-refractivity contribution in [3.63, 3.8) is 0 Å². The van der Waals surface area contributed by atoms with E-state index in [-0.39, 0.29) is 0 Å². The van der Waals surface area contributed by atoms with E-state index in [0.717, 1.165) is 0 Å². The molecule has 0 aliphatic carbocycles. The minimum absolute atomic E-state index is 0.422. The van der Waals surface area contributed by atoms with Gasteiger partial charge in [0.2, 0.25) is 0 Å². The average Bonchev–Trinajstić information content (AvgIpc) is 2.28. The molecule has 1 aromatic rings. The van der Waals surface area contributed by atoms with Gasteiger partial charge in [0.05, 0.1) is 0 Å². The van der Waals surface area contributed by atoms with Gasteiger partial charge < -0.3 is 10.2 Å². The summed E-state index contributed by atoms with van der Waals surface area (Å²) in [5, 5.41) is 3.58. The number of rotatable bonds is 5. The monoisotopic (exact) mass is 220 g/mol. The Balaban J connectivity index is 2.66. The normalized spacial score (nSPS) is 14.6. The second kappa shape index (κ2) is 5.90. The Morgan fingerprint density at radius 2 is 1.69 bits per heavy atom. The van der Waals surface area contributed by atoms with E-state index in [1.165, 1.54) is 17.7 Å².